The molecule has 0 saturated heterocycles. The van der Waals surface area contributed by atoms with Gasteiger partial charge in [-0.2, -0.15) is 0 Å². The summed E-state index contributed by atoms with van der Waals surface area (Å²) in [6.07, 6.45) is -3.21. The van der Waals surface area contributed by atoms with Crippen LogP contribution in [0.15, 0.2) is 48.5 Å². The van der Waals surface area contributed by atoms with Gasteiger partial charge in [0.15, 0.2) is 5.75 Å². The Bertz CT molecular complexity index is 747. The molecule has 0 aliphatic heterocycles. The lowest BCUT2D eigenvalue weighted by Crippen LogP contribution is -2.32. The van der Waals surface area contributed by atoms with Crippen LogP contribution in [0.1, 0.15) is 23.6 Å². The van der Waals surface area contributed by atoms with E-state index in [2.05, 4.69) is 15.4 Å². The molecule has 0 spiro atoms. The zero-order valence-corrected chi connectivity index (χ0v) is 12.6. The second-order valence-electron chi connectivity index (χ2n) is 5.43. The Balaban J connectivity index is 1.68. The molecule has 1 atom stereocenters. The maximum Gasteiger partial charge on any atom is 0.573 e. The van der Waals surface area contributed by atoms with Gasteiger partial charge < -0.3 is 15.4 Å². The van der Waals surface area contributed by atoms with E-state index in [0.717, 1.165) is 24.5 Å². The van der Waals surface area contributed by atoms with Crippen molar-refractivity contribution in [1.29, 1.82) is 0 Å². The van der Waals surface area contributed by atoms with Crippen LogP contribution in [0.5, 0.6) is 5.75 Å². The fourth-order valence-corrected chi connectivity index (χ4v) is 2.81. The highest BCUT2D eigenvalue weighted by Gasteiger charge is 2.32. The normalized spacial score (nSPS) is 16.4. The van der Waals surface area contributed by atoms with Crippen molar-refractivity contribution in [3.05, 3.63) is 59.7 Å². The Hall–Kier alpha value is -2.70. The lowest BCUT2D eigenvalue weighted by molar-refractivity contribution is -0.274. The number of fused-ring (bicyclic) bond motifs is 1. The first-order chi connectivity index (χ1) is 11.4. The molecule has 1 aliphatic carbocycles. The summed E-state index contributed by atoms with van der Waals surface area (Å²) in [7, 11) is 0. The topological polar surface area (TPSA) is 50.4 Å². The number of urea groups is 1. The van der Waals surface area contributed by atoms with E-state index in [1.54, 1.807) is 0 Å². The molecule has 0 heterocycles. The van der Waals surface area contributed by atoms with Crippen LogP contribution in [-0.2, 0) is 6.42 Å². The molecule has 1 unspecified atom stereocenters. The van der Waals surface area contributed by atoms with Gasteiger partial charge in [0.25, 0.3) is 0 Å². The first-order valence-electron chi connectivity index (χ1n) is 7.42. The minimum Gasteiger partial charge on any atom is -0.404 e. The third-order valence-electron chi connectivity index (χ3n) is 3.80. The summed E-state index contributed by atoms with van der Waals surface area (Å²) in [5.74, 6) is -0.452. The van der Waals surface area contributed by atoms with E-state index < -0.39 is 18.1 Å². The smallest absolute Gasteiger partial charge is 0.404 e. The van der Waals surface area contributed by atoms with Crippen LogP contribution in [0.3, 0.4) is 0 Å². The third kappa shape index (κ3) is 3.79. The van der Waals surface area contributed by atoms with Crippen LogP contribution in [0.25, 0.3) is 0 Å². The van der Waals surface area contributed by atoms with Gasteiger partial charge in [-0.05, 0) is 36.1 Å². The number of alkyl halides is 3. The molecule has 2 aromatic rings. The van der Waals surface area contributed by atoms with Crippen molar-refractivity contribution < 1.29 is 22.7 Å². The third-order valence-corrected chi connectivity index (χ3v) is 3.80. The SMILES string of the molecule is O=C(Nc1ccccc1OC(F)(F)F)NC1CCc2ccccc21. The molecule has 4 nitrogen and oxygen atoms in total. The molecule has 24 heavy (non-hydrogen) atoms. The van der Waals surface area contributed by atoms with E-state index in [-0.39, 0.29) is 11.7 Å². The molecule has 2 N–H and O–H groups in total. The van der Waals surface area contributed by atoms with Gasteiger partial charge >= 0.3 is 12.4 Å². The van der Waals surface area contributed by atoms with E-state index in [4.69, 9.17) is 0 Å². The molecule has 0 aromatic heterocycles. The minimum atomic E-state index is -4.82. The minimum absolute atomic E-state index is 0.0430. The van der Waals surface area contributed by atoms with E-state index in [9.17, 15) is 18.0 Å². The number of halogens is 3. The van der Waals surface area contributed by atoms with Gasteiger partial charge in [0, 0.05) is 0 Å². The molecule has 126 valence electrons. The molecule has 2 amide bonds. The number of amides is 2. The molecule has 0 fully saturated rings. The predicted molar refractivity (Wildman–Crippen MR) is 82.8 cm³/mol. The predicted octanol–water partition coefficient (Wildman–Crippen LogP) is 4.39. The number of ether oxygens (including phenoxy) is 1. The Morgan fingerprint density at radius 2 is 1.79 bits per heavy atom. The first-order valence-corrected chi connectivity index (χ1v) is 7.42. The molecule has 1 aliphatic rings. The van der Waals surface area contributed by atoms with Crippen LogP contribution in [0, 0.1) is 0 Å². The first kappa shape index (κ1) is 16.2. The Morgan fingerprint density at radius 3 is 2.58 bits per heavy atom. The summed E-state index contributed by atoms with van der Waals surface area (Å²) in [5.41, 5.74) is 2.16. The summed E-state index contributed by atoms with van der Waals surface area (Å²) in [4.78, 5) is 12.1. The monoisotopic (exact) mass is 336 g/mol. The number of aryl methyl sites for hydroxylation is 1. The number of para-hydroxylation sites is 2. The summed E-state index contributed by atoms with van der Waals surface area (Å²) in [6.45, 7) is 0. The van der Waals surface area contributed by atoms with Crippen LogP contribution in [0.2, 0.25) is 0 Å². The van der Waals surface area contributed by atoms with Crippen molar-refractivity contribution in [3.63, 3.8) is 0 Å². The van der Waals surface area contributed by atoms with Gasteiger partial charge in [-0.3, -0.25) is 0 Å². The fourth-order valence-electron chi connectivity index (χ4n) is 2.81. The molecular formula is C17H15F3N2O2. The number of hydrogen-bond donors (Lipinski definition) is 2. The fraction of sp³-hybridized carbons (Fsp3) is 0.235. The van der Waals surface area contributed by atoms with Crippen LogP contribution in [0.4, 0.5) is 23.7 Å². The quantitative estimate of drug-likeness (QED) is 0.873. The molecule has 0 bridgehead atoms. The number of carbonyl (C=O) groups excluding carboxylic acids is 1. The lowest BCUT2D eigenvalue weighted by atomic mass is 10.1. The Labute approximate surface area is 136 Å². The zero-order chi connectivity index (χ0) is 17.2. The molecule has 7 heteroatoms. The lowest BCUT2D eigenvalue weighted by Gasteiger charge is -2.17. The Morgan fingerprint density at radius 1 is 1.08 bits per heavy atom. The largest absolute Gasteiger partial charge is 0.573 e. The Kier molecular flexibility index (Phi) is 4.33. The molecule has 2 aromatic carbocycles. The van der Waals surface area contributed by atoms with Crippen LogP contribution < -0.4 is 15.4 Å². The highest BCUT2D eigenvalue weighted by atomic mass is 19.4. The summed E-state index contributed by atoms with van der Waals surface area (Å²) < 4.78 is 41.1. The molecule has 0 saturated carbocycles. The van der Waals surface area contributed by atoms with Crippen LogP contribution in [-0.4, -0.2) is 12.4 Å². The van der Waals surface area contributed by atoms with Crippen molar-refractivity contribution in [2.24, 2.45) is 0 Å². The van der Waals surface area contributed by atoms with Crippen molar-refractivity contribution >= 4 is 11.7 Å². The number of nitrogens with one attached hydrogen (secondary N) is 2. The van der Waals surface area contributed by atoms with Gasteiger partial charge in [0.2, 0.25) is 0 Å². The average molecular weight is 336 g/mol. The number of benzene rings is 2. The second kappa shape index (κ2) is 6.43. The zero-order valence-electron chi connectivity index (χ0n) is 12.6. The number of rotatable bonds is 3. The van der Waals surface area contributed by atoms with E-state index in [0.29, 0.717) is 0 Å². The van der Waals surface area contributed by atoms with Crippen LogP contribution >= 0.6 is 0 Å². The maximum absolute atomic E-state index is 12.4. The number of hydrogen-bond acceptors (Lipinski definition) is 2. The number of carbonyl (C=O) groups is 1. The summed E-state index contributed by atoms with van der Waals surface area (Å²) in [6, 6.07) is 12.5. The van der Waals surface area contributed by atoms with Gasteiger partial charge in [-0.1, -0.05) is 36.4 Å². The van der Waals surface area contributed by atoms with Gasteiger partial charge in [-0.25, -0.2) is 4.79 Å². The summed E-state index contributed by atoms with van der Waals surface area (Å²) >= 11 is 0. The highest BCUT2D eigenvalue weighted by Crippen LogP contribution is 2.32. The maximum atomic E-state index is 12.4. The second-order valence-corrected chi connectivity index (χ2v) is 5.43. The molecular weight excluding hydrogens is 321 g/mol. The van der Waals surface area contributed by atoms with Crippen molar-refractivity contribution in [2.45, 2.75) is 25.2 Å². The van der Waals surface area contributed by atoms with Gasteiger partial charge in [0.05, 0.1) is 11.7 Å². The average Bonchev–Trinajstić information content (AvgIpc) is 2.91. The molecule has 0 radical (unpaired) electrons. The van der Waals surface area contributed by atoms with E-state index >= 15 is 0 Å². The van der Waals surface area contributed by atoms with Crippen molar-refractivity contribution in [3.8, 4) is 5.75 Å². The molecule has 3 rings (SSSR count). The van der Waals surface area contributed by atoms with Crippen molar-refractivity contribution in [1.82, 2.24) is 5.32 Å². The highest BCUT2D eigenvalue weighted by molar-refractivity contribution is 5.91. The number of anilines is 1. The van der Waals surface area contributed by atoms with E-state index in [1.165, 1.54) is 23.8 Å². The standard InChI is InChI=1S/C17H15F3N2O2/c18-17(19,20)24-15-8-4-3-7-14(15)22-16(23)21-13-10-9-11-5-1-2-6-12(11)13/h1-8,13H,9-10H2,(H2,21,22,23). The van der Waals surface area contributed by atoms with Crippen molar-refractivity contribution in [2.75, 3.05) is 5.32 Å². The van der Waals surface area contributed by atoms with Gasteiger partial charge in [-0.15, -0.1) is 13.2 Å². The summed E-state index contributed by atoms with van der Waals surface area (Å²) in [5, 5.41) is 5.20. The van der Waals surface area contributed by atoms with E-state index in [1.807, 2.05) is 24.3 Å². The van der Waals surface area contributed by atoms with Gasteiger partial charge in [0.1, 0.15) is 0 Å².